The minimum Gasteiger partial charge on any atom is -0.378 e. The number of carbonyl (C=O) groups is 1. The van der Waals surface area contributed by atoms with Crippen LogP contribution in [-0.4, -0.2) is 47.5 Å². The molecule has 3 N–H and O–H groups in total. The summed E-state index contributed by atoms with van der Waals surface area (Å²) in [5, 5.41) is 9.09. The second kappa shape index (κ2) is 13.9. The summed E-state index contributed by atoms with van der Waals surface area (Å²) in [5.41, 5.74) is 2.88. The lowest BCUT2D eigenvalue weighted by atomic mass is 9.99. The quantitative estimate of drug-likeness (QED) is 0.260. The minimum absolute atomic E-state index is 0.103. The highest BCUT2D eigenvalue weighted by Crippen LogP contribution is 2.32. The third kappa shape index (κ3) is 8.81. The highest BCUT2D eigenvalue weighted by molar-refractivity contribution is 6.04. The van der Waals surface area contributed by atoms with E-state index in [9.17, 15) is 18.0 Å². The van der Waals surface area contributed by atoms with E-state index in [2.05, 4.69) is 37.7 Å². The third-order valence-corrected chi connectivity index (χ3v) is 6.15. The number of nitrogens with zero attached hydrogens (tertiary/aromatic N) is 3. The molecule has 0 unspecified atom stereocenters. The number of likely N-dealkylation sites (N-methyl/N-ethyl adjacent to an activating group) is 1. The summed E-state index contributed by atoms with van der Waals surface area (Å²) in [6.45, 7) is 7.13. The summed E-state index contributed by atoms with van der Waals surface area (Å²) in [5.74, 6) is -0.472. The van der Waals surface area contributed by atoms with Gasteiger partial charge in [-0.25, -0.2) is 9.97 Å². The molecule has 1 heterocycles. The van der Waals surface area contributed by atoms with Crippen molar-refractivity contribution in [3.63, 3.8) is 0 Å². The van der Waals surface area contributed by atoms with E-state index in [0.29, 0.717) is 24.2 Å². The van der Waals surface area contributed by atoms with Crippen LogP contribution in [0, 0.1) is 0 Å². The molecular formula is C28H35F3N6O. The Hall–Kier alpha value is -3.50. The zero-order valence-corrected chi connectivity index (χ0v) is 22.0. The number of nitrogens with one attached hydrogen (secondary N) is 3. The first-order valence-corrected chi connectivity index (χ1v) is 12.7. The molecule has 38 heavy (non-hydrogen) atoms. The Morgan fingerprint density at radius 3 is 2.42 bits per heavy atom. The zero-order valence-electron chi connectivity index (χ0n) is 22.0. The number of anilines is 2. The van der Waals surface area contributed by atoms with Crippen LogP contribution in [0.4, 0.5) is 24.5 Å². The first-order valence-electron chi connectivity index (χ1n) is 12.7. The molecule has 0 saturated heterocycles. The second-order valence-electron chi connectivity index (χ2n) is 9.16. The monoisotopic (exact) mass is 528 g/mol. The van der Waals surface area contributed by atoms with Gasteiger partial charge in [0.1, 0.15) is 6.33 Å². The number of hydrogen-bond donors (Lipinski definition) is 3. The van der Waals surface area contributed by atoms with Crippen LogP contribution in [0.1, 0.15) is 52.9 Å². The summed E-state index contributed by atoms with van der Waals surface area (Å²) in [6.07, 6.45) is 2.00. The molecule has 0 bridgehead atoms. The van der Waals surface area contributed by atoms with Crippen LogP contribution >= 0.6 is 0 Å². The number of rotatable bonds is 13. The molecule has 204 valence electrons. The van der Waals surface area contributed by atoms with Gasteiger partial charge in [-0.2, -0.15) is 13.2 Å². The first kappa shape index (κ1) is 29.1. The molecule has 3 aromatic rings. The van der Waals surface area contributed by atoms with Gasteiger partial charge in [-0.05, 0) is 67.0 Å². The van der Waals surface area contributed by atoms with Crippen LogP contribution in [0.15, 0.2) is 55.1 Å². The summed E-state index contributed by atoms with van der Waals surface area (Å²) in [6, 6.07) is 9.03. The lowest BCUT2D eigenvalue weighted by molar-refractivity contribution is -0.137. The number of aromatic nitrogens is 2. The summed E-state index contributed by atoms with van der Waals surface area (Å²) in [4.78, 5) is 23.2. The van der Waals surface area contributed by atoms with Gasteiger partial charge >= 0.3 is 6.18 Å². The highest BCUT2D eigenvalue weighted by Gasteiger charge is 2.31. The number of benzene rings is 2. The SMILES string of the molecule is CCCc1ccc(C(=O)Nc2cc(CNCCN(C)CC)cc(C(F)(F)F)c2)cc1CNc1cncnc1. The lowest BCUT2D eigenvalue weighted by Crippen LogP contribution is -2.28. The number of hydrogen-bond acceptors (Lipinski definition) is 6. The first-order chi connectivity index (χ1) is 18.2. The topological polar surface area (TPSA) is 82.2 Å². The molecule has 2 aromatic carbocycles. The Kier molecular flexibility index (Phi) is 10.6. The van der Waals surface area contributed by atoms with Gasteiger partial charge in [-0.3, -0.25) is 4.79 Å². The van der Waals surface area contributed by atoms with E-state index in [1.807, 2.05) is 20.0 Å². The average Bonchev–Trinajstić information content (AvgIpc) is 2.90. The van der Waals surface area contributed by atoms with Crippen molar-refractivity contribution >= 4 is 17.3 Å². The Morgan fingerprint density at radius 1 is 0.974 bits per heavy atom. The van der Waals surface area contributed by atoms with Gasteiger partial charge in [0.25, 0.3) is 5.91 Å². The fraction of sp³-hybridized carbons (Fsp3) is 0.393. The van der Waals surface area contributed by atoms with Crippen molar-refractivity contribution in [2.45, 2.75) is 46.0 Å². The van der Waals surface area contributed by atoms with Crippen molar-refractivity contribution < 1.29 is 18.0 Å². The molecule has 0 spiro atoms. The molecule has 0 aliphatic carbocycles. The molecule has 0 radical (unpaired) electrons. The highest BCUT2D eigenvalue weighted by atomic mass is 19.4. The van der Waals surface area contributed by atoms with Gasteiger partial charge in [0, 0.05) is 37.4 Å². The van der Waals surface area contributed by atoms with Crippen molar-refractivity contribution in [3.8, 4) is 0 Å². The molecule has 0 atom stereocenters. The van der Waals surface area contributed by atoms with E-state index >= 15 is 0 Å². The van der Waals surface area contributed by atoms with Crippen molar-refractivity contribution in [1.82, 2.24) is 20.2 Å². The van der Waals surface area contributed by atoms with Crippen molar-refractivity contribution in [1.29, 1.82) is 0 Å². The van der Waals surface area contributed by atoms with Gasteiger partial charge in [-0.1, -0.05) is 26.3 Å². The number of aryl methyl sites for hydroxylation is 1. The van der Waals surface area contributed by atoms with E-state index in [-0.39, 0.29) is 12.2 Å². The standard InChI is InChI=1S/C28H35F3N6O/c1-4-6-21-7-8-22(13-23(21)16-35-26-17-33-19-34-18-26)27(38)36-25-12-20(11-24(14-25)28(29,30)31)15-32-9-10-37(3)5-2/h7-8,11-14,17-19,32,35H,4-6,9-10,15-16H2,1-3H3,(H,36,38). The molecule has 0 fully saturated rings. The number of alkyl halides is 3. The van der Waals surface area contributed by atoms with E-state index in [1.54, 1.807) is 30.6 Å². The Balaban J connectivity index is 1.77. The van der Waals surface area contributed by atoms with Crippen LogP contribution in [-0.2, 0) is 25.7 Å². The Labute approximate surface area is 221 Å². The van der Waals surface area contributed by atoms with E-state index < -0.39 is 17.6 Å². The summed E-state index contributed by atoms with van der Waals surface area (Å²) >= 11 is 0. The second-order valence-corrected chi connectivity index (χ2v) is 9.16. The fourth-order valence-electron chi connectivity index (χ4n) is 3.93. The number of carbonyl (C=O) groups excluding carboxylic acids is 1. The molecule has 10 heteroatoms. The molecular weight excluding hydrogens is 493 g/mol. The normalized spacial score (nSPS) is 11.6. The average molecular weight is 529 g/mol. The zero-order chi connectivity index (χ0) is 27.5. The maximum atomic E-state index is 13.6. The van der Waals surface area contributed by atoms with Crippen molar-refractivity contribution in [3.05, 3.63) is 82.9 Å². The lowest BCUT2D eigenvalue weighted by Gasteiger charge is -2.16. The van der Waals surface area contributed by atoms with Gasteiger partial charge in [0.15, 0.2) is 0 Å². The molecule has 0 saturated carbocycles. The van der Waals surface area contributed by atoms with Crippen LogP contribution in [0.2, 0.25) is 0 Å². The van der Waals surface area contributed by atoms with Gasteiger partial charge < -0.3 is 20.9 Å². The van der Waals surface area contributed by atoms with Crippen LogP contribution in [0.3, 0.4) is 0 Å². The molecule has 7 nitrogen and oxygen atoms in total. The van der Waals surface area contributed by atoms with Gasteiger partial charge in [0.2, 0.25) is 0 Å². The van der Waals surface area contributed by atoms with Crippen LogP contribution in [0.25, 0.3) is 0 Å². The third-order valence-electron chi connectivity index (χ3n) is 6.15. The van der Waals surface area contributed by atoms with E-state index in [0.717, 1.165) is 54.9 Å². The smallest absolute Gasteiger partial charge is 0.378 e. The fourth-order valence-corrected chi connectivity index (χ4v) is 3.93. The van der Waals surface area contributed by atoms with Crippen LogP contribution < -0.4 is 16.0 Å². The maximum Gasteiger partial charge on any atom is 0.416 e. The Morgan fingerprint density at radius 2 is 1.74 bits per heavy atom. The number of amides is 1. The van der Waals surface area contributed by atoms with Gasteiger partial charge in [-0.15, -0.1) is 0 Å². The van der Waals surface area contributed by atoms with E-state index in [4.69, 9.17) is 0 Å². The molecule has 1 amide bonds. The summed E-state index contributed by atoms with van der Waals surface area (Å²) < 4.78 is 40.8. The molecule has 3 rings (SSSR count). The molecule has 0 aliphatic rings. The predicted octanol–water partition coefficient (Wildman–Crippen LogP) is 5.35. The number of halogens is 3. The summed E-state index contributed by atoms with van der Waals surface area (Å²) in [7, 11) is 1.98. The van der Waals surface area contributed by atoms with Gasteiger partial charge in [0.05, 0.1) is 23.6 Å². The van der Waals surface area contributed by atoms with Crippen LogP contribution in [0.5, 0.6) is 0 Å². The van der Waals surface area contributed by atoms with Crippen molar-refractivity contribution in [2.75, 3.05) is 37.3 Å². The van der Waals surface area contributed by atoms with Crippen molar-refractivity contribution in [2.24, 2.45) is 0 Å². The Bertz CT molecular complexity index is 1190. The molecule has 0 aliphatic heterocycles. The molecule has 1 aromatic heterocycles. The maximum absolute atomic E-state index is 13.6. The largest absolute Gasteiger partial charge is 0.416 e. The minimum atomic E-state index is -4.53. The van der Waals surface area contributed by atoms with E-state index in [1.165, 1.54) is 6.33 Å². The predicted molar refractivity (Wildman–Crippen MR) is 144 cm³/mol.